The minimum atomic E-state index is -0.659. The van der Waals surface area contributed by atoms with Crippen LogP contribution in [-0.4, -0.2) is 23.6 Å². The van der Waals surface area contributed by atoms with Crippen molar-refractivity contribution in [2.45, 2.75) is 76.5 Å². The van der Waals surface area contributed by atoms with E-state index in [1.54, 1.807) is 6.07 Å². The molecule has 6 heteroatoms. The van der Waals surface area contributed by atoms with Gasteiger partial charge in [-0.15, -0.1) is 0 Å². The summed E-state index contributed by atoms with van der Waals surface area (Å²) in [5, 5.41) is 7.98. The monoisotopic (exact) mass is 387 g/mol. The van der Waals surface area contributed by atoms with Gasteiger partial charge in [0, 0.05) is 29.6 Å². The van der Waals surface area contributed by atoms with Crippen LogP contribution in [0.2, 0.25) is 0 Å². The number of nitrogens with two attached hydrogens (primary N) is 2. The van der Waals surface area contributed by atoms with Gasteiger partial charge >= 0.3 is 0 Å². The zero-order valence-electron chi connectivity index (χ0n) is 16.9. The van der Waals surface area contributed by atoms with Crippen LogP contribution in [-0.2, 0) is 0 Å². The van der Waals surface area contributed by atoms with E-state index in [4.69, 9.17) is 11.5 Å². The Labute approximate surface area is 167 Å². The molecule has 5 nitrogen and oxygen atoms in total. The molecule has 1 fully saturated rings. The first kappa shape index (κ1) is 21.0. The van der Waals surface area contributed by atoms with Crippen molar-refractivity contribution in [2.75, 3.05) is 11.9 Å². The van der Waals surface area contributed by atoms with Crippen molar-refractivity contribution >= 4 is 16.7 Å². The molecule has 28 heavy (non-hydrogen) atoms. The summed E-state index contributed by atoms with van der Waals surface area (Å²) in [6.07, 6.45) is 9.46. The number of hydrogen-bond acceptors (Lipinski definition) is 5. The molecule has 6 N–H and O–H groups in total. The van der Waals surface area contributed by atoms with E-state index in [2.05, 4.69) is 22.5 Å². The molecule has 1 aromatic heterocycles. The average molecular weight is 388 g/mol. The molecule has 0 bridgehead atoms. The van der Waals surface area contributed by atoms with Gasteiger partial charge in [-0.3, -0.25) is 0 Å². The van der Waals surface area contributed by atoms with E-state index in [0.717, 1.165) is 24.9 Å². The van der Waals surface area contributed by atoms with Crippen molar-refractivity contribution < 1.29 is 4.39 Å². The fraction of sp³-hybridized carbons (Fsp3) is 0.591. The fourth-order valence-corrected chi connectivity index (χ4v) is 4.11. The smallest absolute Gasteiger partial charge is 0.132 e. The molecule has 1 aromatic carbocycles. The second-order valence-corrected chi connectivity index (χ2v) is 7.96. The predicted octanol–water partition coefficient (Wildman–Crippen LogP) is 4.18. The van der Waals surface area contributed by atoms with Crippen molar-refractivity contribution in [2.24, 2.45) is 11.5 Å². The average Bonchev–Trinajstić information content (AvgIpc) is 2.95. The van der Waals surface area contributed by atoms with Gasteiger partial charge in [0.05, 0.1) is 11.7 Å². The third-order valence-corrected chi connectivity index (χ3v) is 5.77. The lowest BCUT2D eigenvalue weighted by Gasteiger charge is -2.24. The van der Waals surface area contributed by atoms with Gasteiger partial charge in [-0.05, 0) is 49.9 Å². The highest BCUT2D eigenvalue weighted by atomic mass is 19.1. The third-order valence-electron chi connectivity index (χ3n) is 5.77. The predicted molar refractivity (Wildman–Crippen MR) is 115 cm³/mol. The summed E-state index contributed by atoms with van der Waals surface area (Å²) in [6.45, 7) is 3.02. The minimum Gasteiger partial charge on any atom is -0.370 e. The zero-order chi connectivity index (χ0) is 19.9. The summed E-state index contributed by atoms with van der Waals surface area (Å²) < 4.78 is 13.5. The summed E-state index contributed by atoms with van der Waals surface area (Å²) in [5.74, 6) is 0.403. The van der Waals surface area contributed by atoms with Crippen LogP contribution in [0.25, 0.3) is 10.9 Å². The van der Waals surface area contributed by atoms with Crippen molar-refractivity contribution in [3.05, 3.63) is 35.6 Å². The normalized spacial score (nSPS) is 17.0. The lowest BCUT2D eigenvalue weighted by Crippen LogP contribution is -2.38. The highest BCUT2D eigenvalue weighted by Gasteiger charge is 2.17. The maximum Gasteiger partial charge on any atom is 0.132 e. The Kier molecular flexibility index (Phi) is 7.59. The summed E-state index contributed by atoms with van der Waals surface area (Å²) in [5.41, 5.74) is 13.3. The molecule has 0 spiro atoms. The van der Waals surface area contributed by atoms with Crippen molar-refractivity contribution in [1.82, 2.24) is 10.3 Å². The standard InChI is InChI=1S/C22H34FN5/c1-2-17(27-18-7-5-3-4-6-8-18)11-12-26-22-19(21(24)25)14-15-13-16(23)9-10-20(15)28-22/h9-10,13-14,17-18,21,27H,2-8,11-12,24-25H2,1H3,(H,26,28). The number of benzene rings is 1. The summed E-state index contributed by atoms with van der Waals surface area (Å²) in [4.78, 5) is 4.63. The zero-order valence-corrected chi connectivity index (χ0v) is 16.9. The van der Waals surface area contributed by atoms with Crippen LogP contribution in [0.15, 0.2) is 24.3 Å². The van der Waals surface area contributed by atoms with Crippen LogP contribution in [0.3, 0.4) is 0 Å². The van der Waals surface area contributed by atoms with Gasteiger partial charge in [-0.2, -0.15) is 0 Å². The molecule has 0 radical (unpaired) electrons. The Hall–Kier alpha value is -1.76. The number of anilines is 1. The quantitative estimate of drug-likeness (QED) is 0.403. The summed E-state index contributed by atoms with van der Waals surface area (Å²) >= 11 is 0. The van der Waals surface area contributed by atoms with Crippen LogP contribution in [0.5, 0.6) is 0 Å². The molecule has 1 heterocycles. The van der Waals surface area contributed by atoms with Gasteiger partial charge in [0.1, 0.15) is 11.6 Å². The number of halogens is 1. The Morgan fingerprint density at radius 1 is 1.14 bits per heavy atom. The number of fused-ring (bicyclic) bond motifs is 1. The van der Waals surface area contributed by atoms with Gasteiger partial charge < -0.3 is 22.1 Å². The van der Waals surface area contributed by atoms with E-state index < -0.39 is 6.17 Å². The highest BCUT2D eigenvalue weighted by molar-refractivity contribution is 5.82. The molecule has 0 aliphatic heterocycles. The molecule has 2 aromatic rings. The molecular formula is C22H34FN5. The Bertz CT molecular complexity index is 756. The largest absolute Gasteiger partial charge is 0.370 e. The first-order valence-corrected chi connectivity index (χ1v) is 10.7. The van der Waals surface area contributed by atoms with E-state index in [9.17, 15) is 4.39 Å². The molecule has 1 unspecified atom stereocenters. The topological polar surface area (TPSA) is 89.0 Å². The van der Waals surface area contributed by atoms with Crippen molar-refractivity contribution in [3.8, 4) is 0 Å². The Balaban J connectivity index is 1.63. The van der Waals surface area contributed by atoms with Gasteiger partial charge in [0.2, 0.25) is 0 Å². The third kappa shape index (κ3) is 5.63. The number of aromatic nitrogens is 1. The van der Waals surface area contributed by atoms with E-state index in [1.807, 2.05) is 6.07 Å². The number of rotatable bonds is 8. The molecule has 3 rings (SSSR count). The molecule has 1 saturated carbocycles. The van der Waals surface area contributed by atoms with Gasteiger partial charge in [0.15, 0.2) is 0 Å². The van der Waals surface area contributed by atoms with Gasteiger partial charge in [0.25, 0.3) is 0 Å². The van der Waals surface area contributed by atoms with Crippen molar-refractivity contribution in [1.29, 1.82) is 0 Å². The van der Waals surface area contributed by atoms with E-state index in [-0.39, 0.29) is 5.82 Å². The maximum absolute atomic E-state index is 13.5. The van der Waals surface area contributed by atoms with Gasteiger partial charge in [-0.1, -0.05) is 32.6 Å². The molecule has 154 valence electrons. The molecule has 1 atom stereocenters. The molecular weight excluding hydrogens is 353 g/mol. The van der Waals surface area contributed by atoms with E-state index >= 15 is 0 Å². The molecule has 0 saturated heterocycles. The number of nitrogens with zero attached hydrogens (tertiary/aromatic N) is 1. The van der Waals surface area contributed by atoms with Crippen molar-refractivity contribution in [3.63, 3.8) is 0 Å². The van der Waals surface area contributed by atoms with Crippen LogP contribution >= 0.6 is 0 Å². The van der Waals surface area contributed by atoms with Crippen LogP contribution in [0, 0.1) is 5.82 Å². The summed E-state index contributed by atoms with van der Waals surface area (Å²) in [7, 11) is 0. The highest BCUT2D eigenvalue weighted by Crippen LogP contribution is 2.24. The molecule has 1 aliphatic carbocycles. The lowest BCUT2D eigenvalue weighted by atomic mass is 10.0. The SMILES string of the molecule is CCC(CCNc1nc2ccc(F)cc2cc1C(N)N)NC1CCCCCC1. The summed E-state index contributed by atoms with van der Waals surface area (Å²) in [6, 6.07) is 7.53. The fourth-order valence-electron chi connectivity index (χ4n) is 4.11. The van der Waals surface area contributed by atoms with Crippen LogP contribution < -0.4 is 22.1 Å². The van der Waals surface area contributed by atoms with Crippen LogP contribution in [0.4, 0.5) is 10.2 Å². The van der Waals surface area contributed by atoms with Crippen LogP contribution in [0.1, 0.15) is 70.0 Å². The molecule has 0 amide bonds. The first-order chi connectivity index (χ1) is 13.6. The Morgan fingerprint density at radius 2 is 1.89 bits per heavy atom. The van der Waals surface area contributed by atoms with E-state index in [1.165, 1.54) is 50.7 Å². The Morgan fingerprint density at radius 3 is 2.57 bits per heavy atom. The number of pyridine rings is 1. The minimum absolute atomic E-state index is 0.290. The first-order valence-electron chi connectivity index (χ1n) is 10.7. The number of nitrogens with one attached hydrogen (secondary N) is 2. The molecule has 1 aliphatic rings. The van der Waals surface area contributed by atoms with E-state index in [0.29, 0.717) is 28.9 Å². The lowest BCUT2D eigenvalue weighted by molar-refractivity contribution is 0.375. The van der Waals surface area contributed by atoms with Gasteiger partial charge in [-0.25, -0.2) is 9.37 Å². The second kappa shape index (κ2) is 10.1. The maximum atomic E-state index is 13.5. The second-order valence-electron chi connectivity index (χ2n) is 7.96. The number of hydrogen-bond donors (Lipinski definition) is 4.